The van der Waals surface area contributed by atoms with E-state index in [0.29, 0.717) is 5.56 Å². The number of hydrogen-bond donors (Lipinski definition) is 0. The highest BCUT2D eigenvalue weighted by atomic mass is 32.2. The quantitative estimate of drug-likeness (QED) is 0.620. The maximum Gasteiger partial charge on any atom is 0.217 e. The summed E-state index contributed by atoms with van der Waals surface area (Å²) in [6.45, 7) is 0. The molecule has 0 N–H and O–H groups in total. The van der Waals surface area contributed by atoms with Crippen molar-refractivity contribution >= 4 is 17.6 Å². The van der Waals surface area contributed by atoms with Crippen LogP contribution in [0.15, 0.2) is 57.8 Å². The van der Waals surface area contributed by atoms with E-state index >= 15 is 0 Å². The van der Waals surface area contributed by atoms with Gasteiger partial charge < -0.3 is 4.55 Å². The number of nitrogens with zero attached hydrogens (tertiary/aromatic N) is 1. The van der Waals surface area contributed by atoms with Gasteiger partial charge in [-0.25, -0.2) is 8.78 Å². The summed E-state index contributed by atoms with van der Waals surface area (Å²) in [5.41, 5.74) is 0.472. The van der Waals surface area contributed by atoms with E-state index in [0.717, 1.165) is 0 Å². The van der Waals surface area contributed by atoms with Gasteiger partial charge >= 0.3 is 0 Å². The third kappa shape index (κ3) is 3.15. The molecule has 0 spiro atoms. The first-order valence-corrected chi connectivity index (χ1v) is 6.23. The molecular formula is C13H9F2NOS. The second-order valence-corrected chi connectivity index (χ2v) is 4.62. The topological polar surface area (TPSA) is 35.4 Å². The molecule has 2 rings (SSSR count). The average molecular weight is 265 g/mol. The summed E-state index contributed by atoms with van der Waals surface area (Å²) in [5, 5.41) is 0. The van der Waals surface area contributed by atoms with Crippen molar-refractivity contribution in [3.8, 4) is 0 Å². The summed E-state index contributed by atoms with van der Waals surface area (Å²) in [7, 11) is 0. The summed E-state index contributed by atoms with van der Waals surface area (Å²) in [5.74, 6) is -0.983. The van der Waals surface area contributed by atoms with Crippen molar-refractivity contribution in [3.63, 3.8) is 0 Å². The molecule has 0 bridgehead atoms. The van der Waals surface area contributed by atoms with Crippen LogP contribution in [-0.4, -0.2) is 10.8 Å². The van der Waals surface area contributed by atoms with Crippen LogP contribution in [-0.2, 0) is 11.4 Å². The Morgan fingerprint density at radius 1 is 1.06 bits per heavy atom. The lowest BCUT2D eigenvalue weighted by Gasteiger charge is -2.02. The molecule has 1 atom stereocenters. The Balaban J connectivity index is 2.17. The third-order valence-electron chi connectivity index (χ3n) is 2.17. The van der Waals surface area contributed by atoms with Crippen LogP contribution in [0, 0.1) is 11.6 Å². The minimum atomic E-state index is -1.83. The van der Waals surface area contributed by atoms with Gasteiger partial charge in [0.2, 0.25) is 4.90 Å². The molecule has 0 amide bonds. The molecule has 0 radical (unpaired) electrons. The molecule has 2 aromatic carbocycles. The molecule has 5 heteroatoms. The highest BCUT2D eigenvalue weighted by molar-refractivity contribution is 7.90. The Bertz CT molecular complexity index is 574. The smallest absolute Gasteiger partial charge is 0.217 e. The predicted molar refractivity (Wildman–Crippen MR) is 66.8 cm³/mol. The van der Waals surface area contributed by atoms with E-state index in [4.69, 9.17) is 0 Å². The molecule has 0 fully saturated rings. The fourth-order valence-electron chi connectivity index (χ4n) is 1.34. The van der Waals surface area contributed by atoms with Crippen molar-refractivity contribution in [2.24, 2.45) is 4.40 Å². The van der Waals surface area contributed by atoms with Crippen LogP contribution in [0.1, 0.15) is 5.56 Å². The van der Waals surface area contributed by atoms with E-state index in [2.05, 4.69) is 4.40 Å². The zero-order valence-electron chi connectivity index (χ0n) is 9.22. The maximum atomic E-state index is 13.3. The molecule has 0 aliphatic heterocycles. The standard InChI is InChI=1S/C13H9F2NOS/c14-11-5-3-4-10(8-11)9-16-18(17)13-7-2-1-6-12(13)15/h1-9H. The lowest BCUT2D eigenvalue weighted by molar-refractivity contribution is 0.567. The van der Waals surface area contributed by atoms with Gasteiger partial charge in [0.15, 0.2) is 5.82 Å². The number of rotatable bonds is 3. The molecule has 0 heterocycles. The molecule has 0 aromatic heterocycles. The third-order valence-corrected chi connectivity index (χ3v) is 3.18. The molecule has 2 aromatic rings. The zero-order chi connectivity index (χ0) is 13.0. The highest BCUT2D eigenvalue weighted by Gasteiger charge is 2.14. The molecule has 18 heavy (non-hydrogen) atoms. The van der Waals surface area contributed by atoms with Gasteiger partial charge in [-0.3, -0.25) is 0 Å². The first kappa shape index (κ1) is 12.7. The molecule has 0 aliphatic carbocycles. The van der Waals surface area contributed by atoms with Gasteiger partial charge in [0.25, 0.3) is 0 Å². The van der Waals surface area contributed by atoms with Gasteiger partial charge in [0.1, 0.15) is 17.2 Å². The van der Waals surface area contributed by atoms with Crippen molar-refractivity contribution in [1.82, 2.24) is 0 Å². The zero-order valence-corrected chi connectivity index (χ0v) is 10.0. The van der Waals surface area contributed by atoms with E-state index < -0.39 is 23.0 Å². The summed E-state index contributed by atoms with van der Waals surface area (Å²) in [6.07, 6.45) is 1.26. The highest BCUT2D eigenvalue weighted by Crippen LogP contribution is 2.16. The first-order chi connectivity index (χ1) is 8.66. The summed E-state index contributed by atoms with van der Waals surface area (Å²) in [4.78, 5) is 0.00477. The van der Waals surface area contributed by atoms with Gasteiger partial charge in [0, 0.05) is 5.56 Å². The minimum Gasteiger partial charge on any atom is -0.586 e. The van der Waals surface area contributed by atoms with Crippen LogP contribution in [0.4, 0.5) is 8.78 Å². The van der Waals surface area contributed by atoms with Crippen molar-refractivity contribution in [3.05, 3.63) is 65.7 Å². The molecule has 92 valence electrons. The van der Waals surface area contributed by atoms with E-state index in [1.807, 2.05) is 0 Å². The molecule has 0 saturated heterocycles. The second kappa shape index (κ2) is 5.75. The summed E-state index contributed by atoms with van der Waals surface area (Å²) >= 11 is -1.83. The Labute approximate surface area is 106 Å². The van der Waals surface area contributed by atoms with E-state index in [1.165, 1.54) is 42.6 Å². The first-order valence-electron chi connectivity index (χ1n) is 5.13. The van der Waals surface area contributed by atoms with Gasteiger partial charge in [-0.2, -0.15) is 0 Å². The Morgan fingerprint density at radius 3 is 2.56 bits per heavy atom. The predicted octanol–water partition coefficient (Wildman–Crippen LogP) is 3.11. The molecule has 0 saturated carbocycles. The van der Waals surface area contributed by atoms with Crippen LogP contribution in [0.3, 0.4) is 0 Å². The lowest BCUT2D eigenvalue weighted by Crippen LogP contribution is -2.00. The fourth-order valence-corrected chi connectivity index (χ4v) is 2.10. The normalized spacial score (nSPS) is 12.8. The van der Waals surface area contributed by atoms with Crippen LogP contribution in [0.5, 0.6) is 0 Å². The van der Waals surface area contributed by atoms with Gasteiger partial charge in [-0.05, 0) is 24.3 Å². The second-order valence-electron chi connectivity index (χ2n) is 3.47. The van der Waals surface area contributed by atoms with E-state index in [1.54, 1.807) is 12.1 Å². The monoisotopic (exact) mass is 265 g/mol. The molecular weight excluding hydrogens is 256 g/mol. The van der Waals surface area contributed by atoms with Crippen LogP contribution >= 0.6 is 0 Å². The number of halogens is 2. The SMILES string of the molecule is [O-][S+](N=Cc1cccc(F)c1)c1ccccc1F. The molecule has 1 unspecified atom stereocenters. The van der Waals surface area contributed by atoms with E-state index in [-0.39, 0.29) is 4.90 Å². The summed E-state index contributed by atoms with van der Waals surface area (Å²) < 4.78 is 41.6. The van der Waals surface area contributed by atoms with Gasteiger partial charge in [-0.1, -0.05) is 28.7 Å². The van der Waals surface area contributed by atoms with Crippen LogP contribution in [0.2, 0.25) is 0 Å². The maximum absolute atomic E-state index is 13.3. The largest absolute Gasteiger partial charge is 0.586 e. The Hall–Kier alpha value is -1.72. The number of benzene rings is 2. The van der Waals surface area contributed by atoms with Crippen molar-refractivity contribution in [2.75, 3.05) is 0 Å². The van der Waals surface area contributed by atoms with Gasteiger partial charge in [-0.15, -0.1) is 0 Å². The van der Waals surface area contributed by atoms with E-state index in [9.17, 15) is 13.3 Å². The summed E-state index contributed by atoms with van der Waals surface area (Å²) in [6, 6.07) is 11.4. The van der Waals surface area contributed by atoms with Crippen LogP contribution in [0.25, 0.3) is 0 Å². The fraction of sp³-hybridized carbons (Fsp3) is 0. The van der Waals surface area contributed by atoms with Crippen molar-refractivity contribution in [2.45, 2.75) is 4.90 Å². The number of hydrogen-bond acceptors (Lipinski definition) is 2. The lowest BCUT2D eigenvalue weighted by atomic mass is 10.2. The minimum absolute atomic E-state index is 0.00477. The van der Waals surface area contributed by atoms with Crippen molar-refractivity contribution in [1.29, 1.82) is 0 Å². The van der Waals surface area contributed by atoms with Crippen molar-refractivity contribution < 1.29 is 13.3 Å². The van der Waals surface area contributed by atoms with Gasteiger partial charge in [0.05, 0.1) is 6.21 Å². The van der Waals surface area contributed by atoms with Crippen LogP contribution < -0.4 is 0 Å². The molecule has 2 nitrogen and oxygen atoms in total. The molecule has 0 aliphatic rings. The Morgan fingerprint density at radius 2 is 1.83 bits per heavy atom. The Kier molecular flexibility index (Phi) is 4.07. The average Bonchev–Trinajstić information content (AvgIpc) is 2.37.